The SMILES string of the molecule is Cc1cc(CNCCOCCOCCNCc2cc(C)c(OCC3CCCNC3)c(C)c2)cc(C)c1OCC1CCCNC1. The lowest BCUT2D eigenvalue weighted by molar-refractivity contribution is 0.0498. The fourth-order valence-corrected chi connectivity index (χ4v) is 6.35. The van der Waals surface area contributed by atoms with E-state index in [4.69, 9.17) is 18.9 Å². The topological polar surface area (TPSA) is 85.0 Å². The fourth-order valence-electron chi connectivity index (χ4n) is 6.35. The summed E-state index contributed by atoms with van der Waals surface area (Å²) in [5, 5.41) is 13.9. The maximum Gasteiger partial charge on any atom is 0.125 e. The molecule has 2 aliphatic heterocycles. The van der Waals surface area contributed by atoms with Crippen molar-refractivity contribution in [3.05, 3.63) is 57.6 Å². The average Bonchev–Trinajstić information content (AvgIpc) is 3.02. The summed E-state index contributed by atoms with van der Waals surface area (Å²) in [6.07, 6.45) is 5.00. The predicted molar refractivity (Wildman–Crippen MR) is 179 cm³/mol. The number of rotatable bonds is 19. The van der Waals surface area contributed by atoms with Crippen molar-refractivity contribution in [1.82, 2.24) is 21.3 Å². The Morgan fingerprint density at radius 2 is 1.02 bits per heavy atom. The van der Waals surface area contributed by atoms with E-state index in [-0.39, 0.29) is 0 Å². The smallest absolute Gasteiger partial charge is 0.125 e. The van der Waals surface area contributed by atoms with Crippen LogP contribution in [0.15, 0.2) is 24.3 Å². The van der Waals surface area contributed by atoms with Crippen LogP contribution in [0.1, 0.15) is 59.1 Å². The Morgan fingerprint density at radius 3 is 1.39 bits per heavy atom. The molecule has 0 aromatic heterocycles. The molecule has 0 amide bonds. The van der Waals surface area contributed by atoms with Crippen LogP contribution in [0.5, 0.6) is 11.5 Å². The van der Waals surface area contributed by atoms with Crippen molar-refractivity contribution in [2.24, 2.45) is 11.8 Å². The Hall–Kier alpha value is -2.20. The molecule has 2 aromatic carbocycles. The van der Waals surface area contributed by atoms with Gasteiger partial charge in [-0.2, -0.15) is 0 Å². The molecule has 44 heavy (non-hydrogen) atoms. The molecule has 2 saturated heterocycles. The van der Waals surface area contributed by atoms with Gasteiger partial charge in [-0.15, -0.1) is 0 Å². The highest BCUT2D eigenvalue weighted by molar-refractivity contribution is 5.44. The van der Waals surface area contributed by atoms with Gasteiger partial charge < -0.3 is 40.2 Å². The van der Waals surface area contributed by atoms with Gasteiger partial charge in [0.05, 0.1) is 39.6 Å². The first-order chi connectivity index (χ1) is 21.5. The molecular formula is C36H58N4O4. The minimum Gasteiger partial charge on any atom is -0.493 e. The number of ether oxygens (including phenoxy) is 4. The Morgan fingerprint density at radius 1 is 0.614 bits per heavy atom. The molecule has 2 aliphatic rings. The summed E-state index contributed by atoms with van der Waals surface area (Å²) < 4.78 is 24.0. The van der Waals surface area contributed by atoms with Crippen molar-refractivity contribution >= 4 is 0 Å². The maximum absolute atomic E-state index is 6.23. The van der Waals surface area contributed by atoms with Gasteiger partial charge in [-0.05, 0) is 99.8 Å². The third-order valence-corrected chi connectivity index (χ3v) is 8.64. The zero-order valence-electron chi connectivity index (χ0n) is 27.8. The summed E-state index contributed by atoms with van der Waals surface area (Å²) in [5.41, 5.74) is 7.41. The van der Waals surface area contributed by atoms with Gasteiger partial charge in [0.2, 0.25) is 0 Å². The second kappa shape index (κ2) is 19.3. The van der Waals surface area contributed by atoms with Crippen LogP contribution in [0.25, 0.3) is 0 Å². The maximum atomic E-state index is 6.23. The molecule has 0 saturated carbocycles. The van der Waals surface area contributed by atoms with Crippen molar-refractivity contribution in [1.29, 1.82) is 0 Å². The highest BCUT2D eigenvalue weighted by atomic mass is 16.5. The monoisotopic (exact) mass is 610 g/mol. The van der Waals surface area contributed by atoms with Crippen LogP contribution < -0.4 is 30.7 Å². The Labute approximate surface area is 266 Å². The van der Waals surface area contributed by atoms with Gasteiger partial charge in [-0.1, -0.05) is 24.3 Å². The molecule has 246 valence electrons. The number of aryl methyl sites for hydroxylation is 4. The Balaban J connectivity index is 0.994. The van der Waals surface area contributed by atoms with Gasteiger partial charge in [0.25, 0.3) is 0 Å². The lowest BCUT2D eigenvalue weighted by Crippen LogP contribution is -2.33. The van der Waals surface area contributed by atoms with Crippen LogP contribution >= 0.6 is 0 Å². The van der Waals surface area contributed by atoms with Crippen LogP contribution in [0.3, 0.4) is 0 Å². The van der Waals surface area contributed by atoms with Crippen LogP contribution in [0.2, 0.25) is 0 Å². The summed E-state index contributed by atoms with van der Waals surface area (Å²) >= 11 is 0. The molecule has 0 radical (unpaired) electrons. The van der Waals surface area contributed by atoms with Gasteiger partial charge in [0, 0.05) is 51.1 Å². The van der Waals surface area contributed by atoms with Crippen molar-refractivity contribution in [3.63, 3.8) is 0 Å². The first kappa shape index (κ1) is 34.7. The number of benzene rings is 2. The van der Waals surface area contributed by atoms with E-state index in [1.165, 1.54) is 59.1 Å². The zero-order chi connectivity index (χ0) is 31.0. The second-order valence-electron chi connectivity index (χ2n) is 12.7. The molecule has 8 nitrogen and oxygen atoms in total. The molecule has 2 aromatic rings. The molecule has 0 aliphatic carbocycles. The molecule has 2 atom stereocenters. The minimum absolute atomic E-state index is 0.610. The van der Waals surface area contributed by atoms with Gasteiger partial charge in [-0.3, -0.25) is 0 Å². The first-order valence-electron chi connectivity index (χ1n) is 16.9. The molecule has 2 unspecified atom stereocenters. The molecule has 2 fully saturated rings. The van der Waals surface area contributed by atoms with E-state index in [0.717, 1.165) is 77.1 Å². The molecule has 0 bridgehead atoms. The summed E-state index contributed by atoms with van der Waals surface area (Å²) in [7, 11) is 0. The summed E-state index contributed by atoms with van der Waals surface area (Å²) in [4.78, 5) is 0. The van der Waals surface area contributed by atoms with Crippen molar-refractivity contribution in [2.45, 2.75) is 66.5 Å². The van der Waals surface area contributed by atoms with Crippen molar-refractivity contribution in [2.75, 3.05) is 78.9 Å². The molecule has 0 spiro atoms. The van der Waals surface area contributed by atoms with E-state index in [1.54, 1.807) is 0 Å². The third kappa shape index (κ3) is 12.0. The number of nitrogens with one attached hydrogen (secondary N) is 4. The third-order valence-electron chi connectivity index (χ3n) is 8.64. The second-order valence-corrected chi connectivity index (χ2v) is 12.7. The first-order valence-corrected chi connectivity index (χ1v) is 16.9. The molecule has 2 heterocycles. The lowest BCUT2D eigenvalue weighted by atomic mass is 10.0. The molecule has 4 rings (SSSR count). The summed E-state index contributed by atoms with van der Waals surface area (Å²) in [6.45, 7) is 20.4. The van der Waals surface area contributed by atoms with E-state index in [9.17, 15) is 0 Å². The van der Waals surface area contributed by atoms with Crippen LogP contribution in [-0.2, 0) is 22.6 Å². The fraction of sp³-hybridized carbons (Fsp3) is 0.667. The quantitative estimate of drug-likeness (QED) is 0.172. The minimum atomic E-state index is 0.610. The van der Waals surface area contributed by atoms with E-state index < -0.39 is 0 Å². The van der Waals surface area contributed by atoms with E-state index >= 15 is 0 Å². The largest absolute Gasteiger partial charge is 0.493 e. The van der Waals surface area contributed by atoms with E-state index in [2.05, 4.69) is 73.2 Å². The van der Waals surface area contributed by atoms with E-state index in [1.807, 2.05) is 0 Å². The predicted octanol–water partition coefficient (Wildman–Crippen LogP) is 4.59. The van der Waals surface area contributed by atoms with Gasteiger partial charge in [-0.25, -0.2) is 0 Å². The Bertz CT molecular complexity index is 982. The number of piperidine rings is 2. The normalized spacial score (nSPS) is 18.8. The van der Waals surface area contributed by atoms with Gasteiger partial charge >= 0.3 is 0 Å². The summed E-state index contributed by atoms with van der Waals surface area (Å²) in [6, 6.07) is 8.94. The van der Waals surface area contributed by atoms with Crippen LogP contribution in [-0.4, -0.2) is 78.9 Å². The van der Waals surface area contributed by atoms with Gasteiger partial charge in [0.1, 0.15) is 11.5 Å². The highest BCUT2D eigenvalue weighted by Gasteiger charge is 2.16. The molecule has 8 heteroatoms. The van der Waals surface area contributed by atoms with Gasteiger partial charge in [0.15, 0.2) is 0 Å². The zero-order valence-corrected chi connectivity index (χ0v) is 27.8. The molecule has 4 N–H and O–H groups in total. The summed E-state index contributed by atoms with van der Waals surface area (Å²) in [5.74, 6) is 3.32. The Kier molecular flexibility index (Phi) is 15.2. The van der Waals surface area contributed by atoms with Crippen molar-refractivity contribution < 1.29 is 18.9 Å². The van der Waals surface area contributed by atoms with Crippen LogP contribution in [0, 0.1) is 39.5 Å². The number of hydrogen-bond donors (Lipinski definition) is 4. The number of hydrogen-bond acceptors (Lipinski definition) is 8. The van der Waals surface area contributed by atoms with E-state index in [0.29, 0.717) is 38.3 Å². The highest BCUT2D eigenvalue weighted by Crippen LogP contribution is 2.27. The molecular weight excluding hydrogens is 552 g/mol. The average molecular weight is 611 g/mol. The van der Waals surface area contributed by atoms with Crippen LogP contribution in [0.4, 0.5) is 0 Å². The lowest BCUT2D eigenvalue weighted by Gasteiger charge is -2.24. The van der Waals surface area contributed by atoms with Crippen molar-refractivity contribution in [3.8, 4) is 11.5 Å². The standard InChI is InChI=1S/C36H58N4O4/c1-27-17-33(18-28(2)35(27)43-25-31-7-5-9-37-21-31)23-39-11-13-41-15-16-42-14-12-40-24-34-19-29(3)36(30(4)20-34)44-26-32-8-6-10-38-22-32/h17-20,31-32,37-40H,5-16,21-26H2,1-4H3.